The average Bonchev–Trinajstić information content (AvgIpc) is 2.16. The number of rotatable bonds is 8. The van der Waals surface area contributed by atoms with E-state index in [4.69, 9.17) is 0 Å². The molecule has 1 heteroatoms. The van der Waals surface area contributed by atoms with Crippen LogP contribution in [0.2, 0.25) is 0 Å². The summed E-state index contributed by atoms with van der Waals surface area (Å²) in [7, 11) is 0. The predicted molar refractivity (Wildman–Crippen MR) is 57.7 cm³/mol. The number of hydrogen-bond acceptors (Lipinski definition) is 1. The normalized spacial score (nSPS) is 10.5. The minimum atomic E-state index is 0.693. The summed E-state index contributed by atoms with van der Waals surface area (Å²) >= 11 is 0. The lowest BCUT2D eigenvalue weighted by molar-refractivity contribution is -0.105. The van der Waals surface area contributed by atoms with Crippen molar-refractivity contribution >= 4 is 6.29 Å². The lowest BCUT2D eigenvalue weighted by atomic mass is 10.1. The van der Waals surface area contributed by atoms with Gasteiger partial charge in [-0.2, -0.15) is 0 Å². The largest absolute Gasteiger partial charge is 0.298 e. The molecule has 74 valence electrons. The molecule has 0 aliphatic heterocycles. The van der Waals surface area contributed by atoms with Crippen LogP contribution in [0.4, 0.5) is 0 Å². The minimum absolute atomic E-state index is 0.693. The van der Waals surface area contributed by atoms with Crippen LogP contribution in [-0.4, -0.2) is 6.29 Å². The predicted octanol–water partition coefficient (Wildman–Crippen LogP) is 3.66. The van der Waals surface area contributed by atoms with Gasteiger partial charge < -0.3 is 0 Å². The van der Waals surface area contributed by atoms with Gasteiger partial charge in [0, 0.05) is 0 Å². The third-order valence-corrected chi connectivity index (χ3v) is 1.94. The van der Waals surface area contributed by atoms with Gasteiger partial charge in [-0.25, -0.2) is 0 Å². The molecular weight excluding hydrogens is 160 g/mol. The van der Waals surface area contributed by atoms with E-state index in [0.717, 1.165) is 19.1 Å². The SMILES string of the molecule is C=C(C=O)CC/C=C/CCCCC. The highest BCUT2D eigenvalue weighted by Crippen LogP contribution is 2.03. The van der Waals surface area contributed by atoms with E-state index in [9.17, 15) is 4.79 Å². The summed E-state index contributed by atoms with van der Waals surface area (Å²) < 4.78 is 0. The summed E-state index contributed by atoms with van der Waals surface area (Å²) in [6.07, 6.45) is 12.0. The van der Waals surface area contributed by atoms with Crippen molar-refractivity contribution in [1.29, 1.82) is 0 Å². The summed E-state index contributed by atoms with van der Waals surface area (Å²) in [5.74, 6) is 0. The van der Waals surface area contributed by atoms with E-state index in [1.54, 1.807) is 0 Å². The molecule has 0 unspecified atom stereocenters. The molecule has 0 rings (SSSR count). The number of unbranched alkanes of at least 4 members (excludes halogenated alkanes) is 3. The molecule has 0 bridgehead atoms. The first kappa shape index (κ1) is 12.2. The van der Waals surface area contributed by atoms with Crippen LogP contribution in [0.25, 0.3) is 0 Å². The lowest BCUT2D eigenvalue weighted by Crippen LogP contribution is -1.80. The Morgan fingerprint density at radius 3 is 2.54 bits per heavy atom. The Bertz CT molecular complexity index is 168. The Morgan fingerprint density at radius 2 is 1.92 bits per heavy atom. The van der Waals surface area contributed by atoms with Gasteiger partial charge in [0.1, 0.15) is 6.29 Å². The summed E-state index contributed by atoms with van der Waals surface area (Å²) in [6.45, 7) is 5.82. The third kappa shape index (κ3) is 9.06. The molecule has 0 fully saturated rings. The molecule has 0 aromatic rings. The lowest BCUT2D eigenvalue weighted by Gasteiger charge is -1.93. The van der Waals surface area contributed by atoms with Gasteiger partial charge >= 0.3 is 0 Å². The summed E-state index contributed by atoms with van der Waals surface area (Å²) in [6, 6.07) is 0. The van der Waals surface area contributed by atoms with E-state index in [-0.39, 0.29) is 0 Å². The van der Waals surface area contributed by atoms with Crippen LogP contribution in [0.15, 0.2) is 24.3 Å². The first-order chi connectivity index (χ1) is 6.31. The zero-order valence-corrected chi connectivity index (χ0v) is 8.59. The molecule has 1 nitrogen and oxygen atoms in total. The van der Waals surface area contributed by atoms with E-state index >= 15 is 0 Å². The molecule has 0 amide bonds. The first-order valence-electron chi connectivity index (χ1n) is 5.09. The van der Waals surface area contributed by atoms with Gasteiger partial charge in [0.05, 0.1) is 0 Å². The second kappa shape index (κ2) is 9.24. The van der Waals surface area contributed by atoms with Crippen LogP contribution in [0, 0.1) is 0 Å². The highest BCUT2D eigenvalue weighted by molar-refractivity contribution is 5.71. The van der Waals surface area contributed by atoms with Gasteiger partial charge in [-0.15, -0.1) is 0 Å². The van der Waals surface area contributed by atoms with Crippen LogP contribution in [0.5, 0.6) is 0 Å². The topological polar surface area (TPSA) is 17.1 Å². The van der Waals surface area contributed by atoms with Crippen LogP contribution >= 0.6 is 0 Å². The van der Waals surface area contributed by atoms with E-state index in [2.05, 4.69) is 25.7 Å². The van der Waals surface area contributed by atoms with Crippen molar-refractivity contribution in [3.05, 3.63) is 24.3 Å². The second-order valence-electron chi connectivity index (χ2n) is 3.28. The van der Waals surface area contributed by atoms with Gasteiger partial charge in [-0.1, -0.05) is 38.5 Å². The van der Waals surface area contributed by atoms with E-state index in [1.165, 1.54) is 25.7 Å². The minimum Gasteiger partial charge on any atom is -0.298 e. The van der Waals surface area contributed by atoms with Crippen LogP contribution in [0.1, 0.15) is 45.4 Å². The van der Waals surface area contributed by atoms with Crippen LogP contribution in [-0.2, 0) is 4.79 Å². The molecule has 0 saturated heterocycles. The fourth-order valence-corrected chi connectivity index (χ4v) is 1.08. The Balaban J connectivity index is 3.21. The highest BCUT2D eigenvalue weighted by Gasteiger charge is 1.87. The number of carbonyl (C=O) groups excluding carboxylic acids is 1. The van der Waals surface area contributed by atoms with Crippen molar-refractivity contribution in [1.82, 2.24) is 0 Å². The molecule has 0 heterocycles. The van der Waals surface area contributed by atoms with Gasteiger partial charge in [0.25, 0.3) is 0 Å². The van der Waals surface area contributed by atoms with E-state index in [1.807, 2.05) is 0 Å². The molecule has 0 aliphatic rings. The number of allylic oxidation sites excluding steroid dienone is 3. The third-order valence-electron chi connectivity index (χ3n) is 1.94. The zero-order chi connectivity index (χ0) is 9.94. The van der Waals surface area contributed by atoms with Crippen LogP contribution in [0.3, 0.4) is 0 Å². The average molecular weight is 180 g/mol. The van der Waals surface area contributed by atoms with Gasteiger partial charge in [-0.05, 0) is 31.3 Å². The quantitative estimate of drug-likeness (QED) is 0.241. The molecule has 0 atom stereocenters. The molecule has 0 saturated carbocycles. The summed E-state index contributed by atoms with van der Waals surface area (Å²) in [5, 5.41) is 0. The van der Waals surface area contributed by atoms with Crippen molar-refractivity contribution in [3.8, 4) is 0 Å². The van der Waals surface area contributed by atoms with E-state index < -0.39 is 0 Å². The van der Waals surface area contributed by atoms with E-state index in [0.29, 0.717) is 5.57 Å². The summed E-state index contributed by atoms with van der Waals surface area (Å²) in [4.78, 5) is 10.2. The molecule has 0 aliphatic carbocycles. The zero-order valence-electron chi connectivity index (χ0n) is 8.59. The van der Waals surface area contributed by atoms with Crippen molar-refractivity contribution in [3.63, 3.8) is 0 Å². The first-order valence-corrected chi connectivity index (χ1v) is 5.09. The highest BCUT2D eigenvalue weighted by atomic mass is 16.1. The Kier molecular flexibility index (Phi) is 8.64. The van der Waals surface area contributed by atoms with Gasteiger partial charge in [0.2, 0.25) is 0 Å². The monoisotopic (exact) mass is 180 g/mol. The fraction of sp³-hybridized carbons (Fsp3) is 0.583. The molecule has 0 spiro atoms. The van der Waals surface area contributed by atoms with Gasteiger partial charge in [-0.3, -0.25) is 4.79 Å². The fourth-order valence-electron chi connectivity index (χ4n) is 1.08. The molecular formula is C12H20O. The standard InChI is InChI=1S/C12H20O/c1-3-4-5-6-7-8-9-10-12(2)11-13/h7-8,11H,2-6,9-10H2,1H3/b8-7+. The molecule has 0 aromatic heterocycles. The van der Waals surface area contributed by atoms with Crippen LogP contribution < -0.4 is 0 Å². The maximum absolute atomic E-state index is 10.2. The molecule has 0 radical (unpaired) electrons. The smallest absolute Gasteiger partial charge is 0.145 e. The van der Waals surface area contributed by atoms with Crippen molar-refractivity contribution < 1.29 is 4.79 Å². The maximum Gasteiger partial charge on any atom is 0.145 e. The maximum atomic E-state index is 10.2. The van der Waals surface area contributed by atoms with Crippen molar-refractivity contribution in [2.24, 2.45) is 0 Å². The second-order valence-corrected chi connectivity index (χ2v) is 3.28. The summed E-state index contributed by atoms with van der Waals surface area (Å²) in [5.41, 5.74) is 0.693. The van der Waals surface area contributed by atoms with Crippen molar-refractivity contribution in [2.75, 3.05) is 0 Å². The molecule has 0 aromatic carbocycles. The number of carbonyl (C=O) groups is 1. The van der Waals surface area contributed by atoms with Crippen molar-refractivity contribution in [2.45, 2.75) is 45.4 Å². The molecule has 13 heavy (non-hydrogen) atoms. The Labute approximate surface area is 81.5 Å². The number of aldehydes is 1. The Morgan fingerprint density at radius 1 is 1.23 bits per heavy atom. The molecule has 0 N–H and O–H groups in total. The number of hydrogen-bond donors (Lipinski definition) is 0. The Hall–Kier alpha value is -0.850. The van der Waals surface area contributed by atoms with Gasteiger partial charge in [0.15, 0.2) is 0 Å².